The molecule has 0 bridgehead atoms. The number of allylic oxidation sites excluding steroid dienone is 2. The average Bonchev–Trinajstić information content (AvgIpc) is 2.42. The monoisotopic (exact) mass is 310 g/mol. The summed E-state index contributed by atoms with van der Waals surface area (Å²) in [5.41, 5.74) is 1.73. The molecule has 0 aromatic carbocycles. The van der Waals surface area contributed by atoms with E-state index in [0.717, 1.165) is 0 Å². The van der Waals surface area contributed by atoms with Crippen LogP contribution in [0.15, 0.2) is 12.2 Å². The lowest BCUT2D eigenvalue weighted by atomic mass is 9.60. The Morgan fingerprint density at radius 3 is 0.727 bits per heavy atom. The van der Waals surface area contributed by atoms with Crippen LogP contribution in [0, 0.1) is 21.7 Å². The highest BCUT2D eigenvalue weighted by atomic mass is 14.4. The van der Waals surface area contributed by atoms with Crippen molar-refractivity contribution in [1.29, 1.82) is 0 Å². The number of hydrogen-bond acceptors (Lipinski definition) is 0. The first-order valence-electron chi connectivity index (χ1n) is 9.40. The first kappa shape index (κ1) is 24.0. The zero-order valence-electron chi connectivity index (χ0n) is 18.0. The minimum atomic E-state index is 0.327. The summed E-state index contributed by atoms with van der Waals surface area (Å²) >= 11 is 0. The topological polar surface area (TPSA) is 0 Å². The third kappa shape index (κ3) is 9.01. The summed E-state index contributed by atoms with van der Waals surface area (Å²) in [7, 11) is 0. The van der Waals surface area contributed by atoms with Crippen molar-refractivity contribution in [1.82, 2.24) is 0 Å². The highest BCUT2D eigenvalue weighted by molar-refractivity contribution is 4.98. The Hall–Kier alpha value is -0.260. The van der Waals surface area contributed by atoms with Crippen LogP contribution in [-0.2, 0) is 0 Å². The maximum Gasteiger partial charge on any atom is -0.0203 e. The van der Waals surface area contributed by atoms with E-state index in [9.17, 15) is 0 Å². The van der Waals surface area contributed by atoms with E-state index in [-0.39, 0.29) is 0 Å². The second-order valence-corrected chi connectivity index (χ2v) is 9.60. The van der Waals surface area contributed by atoms with Gasteiger partial charge < -0.3 is 0 Å². The highest BCUT2D eigenvalue weighted by Crippen LogP contribution is 2.48. The fourth-order valence-corrected chi connectivity index (χ4v) is 2.71. The largest absolute Gasteiger partial charge is 0.0826 e. The molecule has 0 aromatic heterocycles. The summed E-state index contributed by atoms with van der Waals surface area (Å²) < 4.78 is 0. The lowest BCUT2D eigenvalue weighted by Crippen LogP contribution is -2.35. The van der Waals surface area contributed by atoms with Crippen molar-refractivity contribution in [3.05, 3.63) is 12.2 Å². The molecule has 0 saturated heterocycles. The molecule has 0 nitrogen and oxygen atoms in total. The third-order valence-corrected chi connectivity index (χ3v) is 5.66. The standard InChI is InChI=1S/C12H26.C10H20/c1-7-11(5,8-2)12(6,9-3)10-4;1-9(2,3)7-8-10(4,5)6/h7-10H2,1-6H3;7-8H,1-6H3/b;8-7+. The molecule has 0 radical (unpaired) electrons. The first-order valence-corrected chi connectivity index (χ1v) is 9.40. The fraction of sp³-hybridized carbons (Fsp3) is 0.909. The van der Waals surface area contributed by atoms with Crippen molar-refractivity contribution in [2.45, 2.75) is 109 Å². The van der Waals surface area contributed by atoms with Gasteiger partial charge in [0.25, 0.3) is 0 Å². The van der Waals surface area contributed by atoms with Crippen molar-refractivity contribution in [2.24, 2.45) is 21.7 Å². The quantitative estimate of drug-likeness (QED) is 0.448. The Bertz CT molecular complexity index is 266. The van der Waals surface area contributed by atoms with Gasteiger partial charge in [-0.15, -0.1) is 0 Å². The molecule has 0 aliphatic carbocycles. The van der Waals surface area contributed by atoms with Crippen molar-refractivity contribution in [3.8, 4) is 0 Å². The zero-order valence-corrected chi connectivity index (χ0v) is 18.0. The van der Waals surface area contributed by atoms with Crippen molar-refractivity contribution in [3.63, 3.8) is 0 Å². The van der Waals surface area contributed by atoms with Gasteiger partial charge in [0.2, 0.25) is 0 Å². The van der Waals surface area contributed by atoms with E-state index < -0.39 is 0 Å². The SMILES string of the molecule is CC(C)(C)/C=C/C(C)(C)C.CCC(C)(CC)C(C)(CC)CC. The second-order valence-electron chi connectivity index (χ2n) is 9.60. The van der Waals surface area contributed by atoms with Crippen LogP contribution in [-0.4, -0.2) is 0 Å². The summed E-state index contributed by atoms with van der Waals surface area (Å²) in [5, 5.41) is 0. The molecular weight excluding hydrogens is 264 g/mol. The molecule has 0 aliphatic rings. The molecule has 0 rings (SSSR count). The van der Waals surface area contributed by atoms with Crippen molar-refractivity contribution >= 4 is 0 Å². The van der Waals surface area contributed by atoms with Crippen molar-refractivity contribution < 1.29 is 0 Å². The number of hydrogen-bond donors (Lipinski definition) is 0. The van der Waals surface area contributed by atoms with E-state index in [1.807, 2.05) is 0 Å². The predicted molar refractivity (Wildman–Crippen MR) is 105 cm³/mol. The maximum atomic E-state index is 2.44. The van der Waals surface area contributed by atoms with Crippen LogP contribution in [0.2, 0.25) is 0 Å². The molecule has 0 heterocycles. The minimum Gasteiger partial charge on any atom is -0.0826 e. The molecule has 0 unspecified atom stereocenters. The number of rotatable bonds is 5. The van der Waals surface area contributed by atoms with Gasteiger partial charge in [0.1, 0.15) is 0 Å². The predicted octanol–water partition coefficient (Wildman–Crippen LogP) is 8.27. The lowest BCUT2D eigenvalue weighted by Gasteiger charge is -2.45. The zero-order chi connectivity index (χ0) is 18.2. The third-order valence-electron chi connectivity index (χ3n) is 5.66. The lowest BCUT2D eigenvalue weighted by molar-refractivity contribution is 0.0500. The summed E-state index contributed by atoms with van der Waals surface area (Å²) in [5.74, 6) is 0. The Kier molecular flexibility index (Phi) is 9.97. The van der Waals surface area contributed by atoms with Crippen LogP contribution < -0.4 is 0 Å². The molecule has 0 aliphatic heterocycles. The van der Waals surface area contributed by atoms with E-state index >= 15 is 0 Å². The van der Waals surface area contributed by atoms with Crippen LogP contribution in [0.3, 0.4) is 0 Å². The molecule has 0 N–H and O–H groups in total. The van der Waals surface area contributed by atoms with Gasteiger partial charge >= 0.3 is 0 Å². The smallest absolute Gasteiger partial charge is 0.0203 e. The van der Waals surface area contributed by atoms with Gasteiger partial charge in [-0.3, -0.25) is 0 Å². The van der Waals surface area contributed by atoms with Crippen LogP contribution in [0.25, 0.3) is 0 Å². The van der Waals surface area contributed by atoms with Crippen molar-refractivity contribution in [2.75, 3.05) is 0 Å². The van der Waals surface area contributed by atoms with Crippen LogP contribution in [0.1, 0.15) is 109 Å². The Balaban J connectivity index is 0. The molecule has 0 saturated carbocycles. The molecular formula is C22H46. The van der Waals surface area contributed by atoms with Crippen LogP contribution >= 0.6 is 0 Å². The molecule has 0 aromatic rings. The van der Waals surface area contributed by atoms with E-state index in [1.165, 1.54) is 25.7 Å². The molecule has 0 spiro atoms. The van der Waals surface area contributed by atoms with E-state index in [0.29, 0.717) is 21.7 Å². The van der Waals surface area contributed by atoms with Gasteiger partial charge in [-0.05, 0) is 21.7 Å². The van der Waals surface area contributed by atoms with Crippen LogP contribution in [0.4, 0.5) is 0 Å². The maximum absolute atomic E-state index is 2.44. The highest BCUT2D eigenvalue weighted by Gasteiger charge is 2.38. The average molecular weight is 311 g/mol. The minimum absolute atomic E-state index is 0.327. The summed E-state index contributed by atoms with van der Waals surface area (Å²) in [6.45, 7) is 27.5. The fourth-order valence-electron chi connectivity index (χ4n) is 2.71. The molecule has 0 amide bonds. The van der Waals surface area contributed by atoms with E-state index in [1.54, 1.807) is 0 Å². The molecule has 0 atom stereocenters. The molecule has 22 heavy (non-hydrogen) atoms. The molecule has 0 heteroatoms. The summed E-state index contributed by atoms with van der Waals surface area (Å²) in [6.07, 6.45) is 9.77. The second kappa shape index (κ2) is 9.14. The Labute approximate surface area is 143 Å². The van der Waals surface area contributed by atoms with Gasteiger partial charge in [0, 0.05) is 0 Å². The van der Waals surface area contributed by atoms with Gasteiger partial charge in [0.05, 0.1) is 0 Å². The molecule has 134 valence electrons. The van der Waals surface area contributed by atoms with Crippen LogP contribution in [0.5, 0.6) is 0 Å². The van der Waals surface area contributed by atoms with E-state index in [4.69, 9.17) is 0 Å². The van der Waals surface area contributed by atoms with Gasteiger partial charge in [0.15, 0.2) is 0 Å². The Morgan fingerprint density at radius 1 is 0.455 bits per heavy atom. The molecule has 0 fully saturated rings. The van der Waals surface area contributed by atoms with Gasteiger partial charge in [-0.1, -0.05) is 121 Å². The summed E-state index contributed by atoms with van der Waals surface area (Å²) in [6, 6.07) is 0. The van der Waals surface area contributed by atoms with Gasteiger partial charge in [-0.25, -0.2) is 0 Å². The van der Waals surface area contributed by atoms with Gasteiger partial charge in [-0.2, -0.15) is 0 Å². The normalized spacial score (nSPS) is 14.0. The Morgan fingerprint density at radius 2 is 0.636 bits per heavy atom. The summed E-state index contributed by atoms with van der Waals surface area (Å²) in [4.78, 5) is 0. The van der Waals surface area contributed by atoms with E-state index in [2.05, 4.69) is 95.2 Å². The first-order chi connectivity index (χ1) is 9.70.